The van der Waals surface area contributed by atoms with Gasteiger partial charge in [-0.25, -0.2) is 8.42 Å². The number of rotatable bonds is 7. The molecule has 0 aliphatic heterocycles. The van der Waals surface area contributed by atoms with Crippen LogP contribution in [0.1, 0.15) is 19.4 Å². The Hall–Kier alpha value is -1.11. The van der Waals surface area contributed by atoms with Crippen LogP contribution in [0.2, 0.25) is 5.02 Å². The van der Waals surface area contributed by atoms with Gasteiger partial charge in [0.25, 0.3) is 0 Å². The van der Waals surface area contributed by atoms with Crippen LogP contribution in [0, 0.1) is 6.92 Å². The van der Waals surface area contributed by atoms with Crippen molar-refractivity contribution in [3.63, 3.8) is 0 Å². The predicted octanol–water partition coefficient (Wildman–Crippen LogP) is 2.34. The summed E-state index contributed by atoms with van der Waals surface area (Å²) in [7, 11) is -1.33. The summed E-state index contributed by atoms with van der Waals surface area (Å²) < 4.78 is 23.2. The topological polar surface area (TPSA) is 66.5 Å². The highest BCUT2D eigenvalue weighted by Crippen LogP contribution is 2.19. The minimum Gasteiger partial charge on any atom is -0.325 e. The molecule has 1 amide bonds. The number of nitrogens with one attached hydrogen (secondary N) is 1. The maximum Gasteiger partial charge on any atom is 0.238 e. The van der Waals surface area contributed by atoms with Crippen molar-refractivity contribution in [1.82, 2.24) is 4.90 Å². The average Bonchev–Trinajstić information content (AvgIpc) is 2.42. The fourth-order valence-corrected chi connectivity index (χ4v) is 3.27. The number of halogens is 1. The Morgan fingerprint density at radius 3 is 2.59 bits per heavy atom. The molecule has 0 heterocycles. The van der Waals surface area contributed by atoms with Crippen molar-refractivity contribution in [2.24, 2.45) is 0 Å². The smallest absolute Gasteiger partial charge is 0.238 e. The van der Waals surface area contributed by atoms with E-state index in [4.69, 9.17) is 11.6 Å². The van der Waals surface area contributed by atoms with Crippen molar-refractivity contribution in [1.29, 1.82) is 0 Å². The van der Waals surface area contributed by atoms with Crippen molar-refractivity contribution in [2.45, 2.75) is 26.8 Å². The molecule has 1 rings (SSSR count). The van der Waals surface area contributed by atoms with Crippen LogP contribution >= 0.6 is 11.6 Å². The van der Waals surface area contributed by atoms with Crippen LogP contribution in [-0.4, -0.2) is 50.4 Å². The first-order valence-corrected chi connectivity index (χ1v) is 9.31. The van der Waals surface area contributed by atoms with Gasteiger partial charge < -0.3 is 5.32 Å². The van der Waals surface area contributed by atoms with Crippen LogP contribution in [-0.2, 0) is 14.6 Å². The van der Waals surface area contributed by atoms with Crippen molar-refractivity contribution in [3.05, 3.63) is 28.8 Å². The Kier molecular flexibility index (Phi) is 6.84. The van der Waals surface area contributed by atoms with Gasteiger partial charge in [0.05, 0.1) is 12.3 Å². The molecule has 5 nitrogen and oxygen atoms in total. The van der Waals surface area contributed by atoms with Gasteiger partial charge in [-0.1, -0.05) is 24.6 Å². The van der Waals surface area contributed by atoms with E-state index in [2.05, 4.69) is 5.32 Å². The van der Waals surface area contributed by atoms with E-state index in [-0.39, 0.29) is 30.0 Å². The molecule has 0 aliphatic rings. The highest BCUT2D eigenvalue weighted by molar-refractivity contribution is 7.91. The third kappa shape index (κ3) is 5.94. The van der Waals surface area contributed by atoms with Gasteiger partial charge in [-0.05, 0) is 38.6 Å². The second-order valence-corrected chi connectivity index (χ2v) is 8.28. The molecule has 1 aromatic rings. The van der Waals surface area contributed by atoms with Gasteiger partial charge in [0, 0.05) is 22.5 Å². The summed E-state index contributed by atoms with van der Waals surface area (Å²) in [5.41, 5.74) is 1.57. The van der Waals surface area contributed by atoms with Crippen LogP contribution in [0.5, 0.6) is 0 Å². The number of hydrogen-bond donors (Lipinski definition) is 1. The molecule has 0 bridgehead atoms. The largest absolute Gasteiger partial charge is 0.325 e. The molecule has 0 radical (unpaired) electrons. The van der Waals surface area contributed by atoms with Crippen molar-refractivity contribution < 1.29 is 13.2 Å². The summed E-state index contributed by atoms with van der Waals surface area (Å²) in [5, 5.41) is 3.35. The number of anilines is 1. The van der Waals surface area contributed by atoms with E-state index < -0.39 is 9.84 Å². The summed E-state index contributed by atoms with van der Waals surface area (Å²) in [6.45, 7) is 5.42. The Balaban J connectivity index is 2.58. The minimum atomic E-state index is -3.06. The fourth-order valence-electron chi connectivity index (χ4n) is 1.87. The third-order valence-electron chi connectivity index (χ3n) is 3.54. The first kappa shape index (κ1) is 18.9. The van der Waals surface area contributed by atoms with Crippen molar-refractivity contribution in [2.75, 3.05) is 30.4 Å². The molecule has 0 spiro atoms. The molecule has 0 aromatic heterocycles. The Morgan fingerprint density at radius 2 is 2.05 bits per heavy atom. The molecule has 0 fully saturated rings. The van der Waals surface area contributed by atoms with Crippen molar-refractivity contribution >= 4 is 33.0 Å². The standard InChI is InChI=1S/C15H23ClN2O3S/c1-5-22(20,21)10-12(3)18(4)9-15(19)17-13-7-6-11(2)14(16)8-13/h6-8,12H,5,9-10H2,1-4H3,(H,17,19)/t12-/m0/s1. The number of nitrogens with zero attached hydrogens (tertiary/aromatic N) is 1. The Labute approximate surface area is 137 Å². The Bertz CT molecular complexity index is 632. The second-order valence-electron chi connectivity index (χ2n) is 5.48. The zero-order valence-electron chi connectivity index (χ0n) is 13.4. The lowest BCUT2D eigenvalue weighted by Gasteiger charge is -2.23. The average molecular weight is 347 g/mol. The summed E-state index contributed by atoms with van der Waals surface area (Å²) in [4.78, 5) is 13.7. The van der Waals surface area contributed by atoms with Gasteiger partial charge in [0.1, 0.15) is 0 Å². The van der Waals surface area contributed by atoms with E-state index in [1.165, 1.54) is 0 Å². The summed E-state index contributed by atoms with van der Waals surface area (Å²) in [6.07, 6.45) is 0. The van der Waals surface area contributed by atoms with Gasteiger partial charge in [-0.15, -0.1) is 0 Å². The number of benzene rings is 1. The zero-order valence-corrected chi connectivity index (χ0v) is 15.0. The van der Waals surface area contributed by atoms with Crippen LogP contribution in [0.3, 0.4) is 0 Å². The van der Waals surface area contributed by atoms with Crippen LogP contribution in [0.4, 0.5) is 5.69 Å². The summed E-state index contributed by atoms with van der Waals surface area (Å²) in [5.74, 6) is -0.0498. The normalized spacial score (nSPS) is 13.2. The first-order chi connectivity index (χ1) is 10.1. The number of aryl methyl sites for hydroxylation is 1. The number of hydrogen-bond acceptors (Lipinski definition) is 4. The molecule has 1 aromatic carbocycles. The highest BCUT2D eigenvalue weighted by Gasteiger charge is 2.19. The SMILES string of the molecule is CCS(=O)(=O)C[C@H](C)N(C)CC(=O)Nc1ccc(C)c(Cl)c1. The lowest BCUT2D eigenvalue weighted by molar-refractivity contribution is -0.117. The monoisotopic (exact) mass is 346 g/mol. The number of sulfone groups is 1. The van der Waals surface area contributed by atoms with Gasteiger partial charge in [0.15, 0.2) is 9.84 Å². The number of amides is 1. The molecule has 1 N–H and O–H groups in total. The highest BCUT2D eigenvalue weighted by atomic mass is 35.5. The van der Waals surface area contributed by atoms with Gasteiger partial charge in [0.2, 0.25) is 5.91 Å². The summed E-state index contributed by atoms with van der Waals surface area (Å²) >= 11 is 6.01. The lowest BCUT2D eigenvalue weighted by Crippen LogP contribution is -2.40. The molecule has 0 saturated carbocycles. The second kappa shape index (κ2) is 7.94. The Morgan fingerprint density at radius 1 is 1.41 bits per heavy atom. The minimum absolute atomic E-state index is 0.0453. The molecule has 22 heavy (non-hydrogen) atoms. The van der Waals surface area contributed by atoms with E-state index in [1.807, 2.05) is 13.0 Å². The van der Waals surface area contributed by atoms with E-state index >= 15 is 0 Å². The molecule has 1 atom stereocenters. The maximum atomic E-state index is 12.0. The molecule has 0 unspecified atom stereocenters. The van der Waals surface area contributed by atoms with Crippen LogP contribution in [0.15, 0.2) is 18.2 Å². The predicted molar refractivity (Wildman–Crippen MR) is 91.2 cm³/mol. The van der Waals surface area contributed by atoms with Crippen LogP contribution in [0.25, 0.3) is 0 Å². The third-order valence-corrected chi connectivity index (χ3v) is 5.81. The van der Waals surface area contributed by atoms with E-state index in [0.29, 0.717) is 10.7 Å². The van der Waals surface area contributed by atoms with Crippen molar-refractivity contribution in [3.8, 4) is 0 Å². The van der Waals surface area contributed by atoms with Gasteiger partial charge in [-0.3, -0.25) is 9.69 Å². The molecule has 0 aliphatic carbocycles. The number of carbonyl (C=O) groups is 1. The van der Waals surface area contributed by atoms with Gasteiger partial charge >= 0.3 is 0 Å². The van der Waals surface area contributed by atoms with E-state index in [0.717, 1.165) is 5.56 Å². The fraction of sp³-hybridized carbons (Fsp3) is 0.533. The quantitative estimate of drug-likeness (QED) is 0.823. The maximum absolute atomic E-state index is 12.0. The number of likely N-dealkylation sites (N-methyl/N-ethyl adjacent to an activating group) is 1. The molecular formula is C15H23ClN2O3S. The molecule has 124 valence electrons. The lowest BCUT2D eigenvalue weighted by atomic mass is 10.2. The summed E-state index contributed by atoms with van der Waals surface area (Å²) in [6, 6.07) is 5.08. The van der Waals surface area contributed by atoms with Crippen LogP contribution < -0.4 is 5.32 Å². The molecule has 0 saturated heterocycles. The molecular weight excluding hydrogens is 324 g/mol. The molecule has 7 heteroatoms. The van der Waals surface area contributed by atoms with E-state index in [9.17, 15) is 13.2 Å². The zero-order chi connectivity index (χ0) is 16.9. The van der Waals surface area contributed by atoms with Gasteiger partial charge in [-0.2, -0.15) is 0 Å². The first-order valence-electron chi connectivity index (χ1n) is 7.11. The van der Waals surface area contributed by atoms with E-state index in [1.54, 1.807) is 37.9 Å². The number of carbonyl (C=O) groups excluding carboxylic acids is 1.